The third-order valence-electron chi connectivity index (χ3n) is 4.38. The Kier molecular flexibility index (Phi) is 6.16. The van der Waals surface area contributed by atoms with E-state index in [9.17, 15) is 14.7 Å². The van der Waals surface area contributed by atoms with E-state index in [1.807, 2.05) is 0 Å². The number of hydrogen-bond donors (Lipinski definition) is 3. The fraction of sp³-hybridized carbons (Fsp3) is 0. The molecule has 3 N–H and O–H groups in total. The second-order valence-electron chi connectivity index (χ2n) is 6.53. The van der Waals surface area contributed by atoms with Crippen molar-refractivity contribution in [3.8, 4) is 5.75 Å². The Morgan fingerprint density at radius 2 is 1.71 bits per heavy atom. The van der Waals surface area contributed by atoms with Crippen LogP contribution in [0.25, 0.3) is 10.9 Å². The van der Waals surface area contributed by atoms with Crippen LogP contribution in [-0.4, -0.2) is 16.0 Å². The number of aromatic nitrogens is 1. The Hall–Kier alpha value is -2.64. The average molecular weight is 492 g/mol. The summed E-state index contributed by atoms with van der Waals surface area (Å²) >= 11 is 19.2. The Balaban J connectivity index is 1.57. The van der Waals surface area contributed by atoms with Crippen LogP contribution in [0.15, 0.2) is 75.2 Å². The number of halogens is 3. The molecule has 4 rings (SSSR count). The van der Waals surface area contributed by atoms with E-state index in [2.05, 4.69) is 10.3 Å². The van der Waals surface area contributed by atoms with E-state index < -0.39 is 5.56 Å². The summed E-state index contributed by atoms with van der Waals surface area (Å²) in [6.07, 6.45) is 0. The fourth-order valence-electron chi connectivity index (χ4n) is 2.96. The first-order chi connectivity index (χ1) is 14.8. The average Bonchev–Trinajstić information content (AvgIpc) is 2.71. The fourth-order valence-corrected chi connectivity index (χ4v) is 4.59. The van der Waals surface area contributed by atoms with Crippen LogP contribution in [0.3, 0.4) is 0 Å². The number of rotatable bonds is 4. The zero-order valence-corrected chi connectivity index (χ0v) is 18.7. The second-order valence-corrected chi connectivity index (χ2v) is 8.90. The summed E-state index contributed by atoms with van der Waals surface area (Å²) in [6.45, 7) is 0. The maximum atomic E-state index is 12.5. The van der Waals surface area contributed by atoms with E-state index in [4.69, 9.17) is 34.8 Å². The molecule has 3 aromatic carbocycles. The third-order valence-corrected chi connectivity index (χ3v) is 6.22. The van der Waals surface area contributed by atoms with Crippen LogP contribution in [0.4, 0.5) is 5.69 Å². The summed E-state index contributed by atoms with van der Waals surface area (Å²) in [5.41, 5.74) is 0.898. The minimum absolute atomic E-state index is 0.104. The van der Waals surface area contributed by atoms with E-state index in [0.717, 1.165) is 11.8 Å². The van der Waals surface area contributed by atoms with E-state index in [1.165, 1.54) is 12.1 Å². The molecule has 0 fully saturated rings. The highest BCUT2D eigenvalue weighted by atomic mass is 35.5. The van der Waals surface area contributed by atoms with Gasteiger partial charge in [-0.15, -0.1) is 0 Å². The summed E-state index contributed by atoms with van der Waals surface area (Å²) < 4.78 is 0. The number of nitrogens with one attached hydrogen (secondary N) is 2. The number of anilines is 1. The van der Waals surface area contributed by atoms with Gasteiger partial charge >= 0.3 is 0 Å². The van der Waals surface area contributed by atoms with Crippen LogP contribution in [0.5, 0.6) is 5.75 Å². The van der Waals surface area contributed by atoms with Gasteiger partial charge in [-0.1, -0.05) is 52.6 Å². The zero-order valence-electron chi connectivity index (χ0n) is 15.6. The minimum atomic E-state index is -0.466. The molecule has 1 amide bonds. The van der Waals surface area contributed by atoms with Crippen molar-refractivity contribution in [3.05, 3.63) is 91.6 Å². The predicted molar refractivity (Wildman–Crippen MR) is 126 cm³/mol. The summed E-state index contributed by atoms with van der Waals surface area (Å²) in [6, 6.07) is 16.5. The summed E-state index contributed by atoms with van der Waals surface area (Å²) in [5, 5.41) is 14.8. The molecule has 156 valence electrons. The van der Waals surface area contributed by atoms with Crippen LogP contribution in [0.2, 0.25) is 15.1 Å². The number of benzene rings is 3. The van der Waals surface area contributed by atoms with Crippen molar-refractivity contribution in [2.24, 2.45) is 0 Å². The first-order valence-corrected chi connectivity index (χ1v) is 10.9. The molecular weight excluding hydrogens is 479 g/mol. The lowest BCUT2D eigenvalue weighted by molar-refractivity contribution is 0.102. The number of aromatic amines is 1. The van der Waals surface area contributed by atoms with Crippen molar-refractivity contribution in [2.45, 2.75) is 9.79 Å². The number of H-pyrrole nitrogens is 1. The van der Waals surface area contributed by atoms with Gasteiger partial charge in [0.05, 0.1) is 15.9 Å². The first kappa shape index (κ1) is 21.6. The Morgan fingerprint density at radius 3 is 2.42 bits per heavy atom. The van der Waals surface area contributed by atoms with Gasteiger partial charge in [0.15, 0.2) is 0 Å². The molecule has 0 atom stereocenters. The predicted octanol–water partition coefficient (Wildman–Crippen LogP) is 6.60. The van der Waals surface area contributed by atoms with Gasteiger partial charge in [-0.25, -0.2) is 0 Å². The molecule has 31 heavy (non-hydrogen) atoms. The number of carbonyl (C=O) groups is 1. The molecule has 1 aromatic heterocycles. The zero-order chi connectivity index (χ0) is 22.1. The molecule has 0 saturated heterocycles. The molecule has 0 unspecified atom stereocenters. The Labute approximate surface area is 196 Å². The van der Waals surface area contributed by atoms with Crippen LogP contribution in [0.1, 0.15) is 10.4 Å². The number of pyridine rings is 1. The van der Waals surface area contributed by atoms with Crippen molar-refractivity contribution in [1.29, 1.82) is 0 Å². The van der Waals surface area contributed by atoms with Gasteiger partial charge in [-0.3, -0.25) is 9.59 Å². The van der Waals surface area contributed by atoms with Gasteiger partial charge in [0, 0.05) is 26.2 Å². The molecule has 9 heteroatoms. The van der Waals surface area contributed by atoms with Crippen molar-refractivity contribution < 1.29 is 9.90 Å². The summed E-state index contributed by atoms with van der Waals surface area (Å²) in [4.78, 5) is 28.3. The topological polar surface area (TPSA) is 82.2 Å². The van der Waals surface area contributed by atoms with Gasteiger partial charge in [-0.05, 0) is 54.6 Å². The minimum Gasteiger partial charge on any atom is -0.506 e. The van der Waals surface area contributed by atoms with Crippen LogP contribution in [0, 0.1) is 0 Å². The Bertz CT molecular complexity index is 1370. The summed E-state index contributed by atoms with van der Waals surface area (Å²) in [5.74, 6) is -0.511. The number of amides is 1. The molecule has 4 aromatic rings. The molecular formula is C22H13Cl3N2O3S. The third kappa shape index (κ3) is 4.67. The molecule has 0 radical (unpaired) electrons. The number of carbonyl (C=O) groups excluding carboxylic acids is 1. The molecule has 0 saturated carbocycles. The van der Waals surface area contributed by atoms with E-state index in [-0.39, 0.29) is 21.6 Å². The maximum Gasteiger partial charge on any atom is 0.266 e. The SMILES string of the molecule is O=C(Nc1ccc(Sc2c(O)c3c(Cl)cc(Cl)cc3[nH]c2=O)cc1)c1cccc(Cl)c1. The largest absolute Gasteiger partial charge is 0.506 e. The standard InChI is InChI=1S/C22H13Cl3N2O3S/c23-12-3-1-2-11(8-12)21(29)26-14-4-6-15(7-5-14)31-20-19(28)18-16(25)9-13(24)10-17(18)27-22(20)30/h1-10H,(H,26,29)(H2,27,28,30). The lowest BCUT2D eigenvalue weighted by Crippen LogP contribution is -2.11. The van der Waals surface area contributed by atoms with Gasteiger partial charge in [0.1, 0.15) is 10.6 Å². The summed E-state index contributed by atoms with van der Waals surface area (Å²) in [7, 11) is 0. The molecule has 1 heterocycles. The first-order valence-electron chi connectivity index (χ1n) is 8.90. The van der Waals surface area contributed by atoms with Crippen LogP contribution in [-0.2, 0) is 0 Å². The van der Waals surface area contributed by atoms with Crippen LogP contribution >= 0.6 is 46.6 Å². The van der Waals surface area contributed by atoms with E-state index >= 15 is 0 Å². The van der Waals surface area contributed by atoms with Crippen molar-refractivity contribution in [2.75, 3.05) is 5.32 Å². The maximum absolute atomic E-state index is 12.5. The molecule has 0 aliphatic heterocycles. The quantitative estimate of drug-likeness (QED) is 0.300. The van der Waals surface area contributed by atoms with E-state index in [1.54, 1.807) is 48.5 Å². The molecule has 0 aliphatic carbocycles. The van der Waals surface area contributed by atoms with Gasteiger partial charge in [0.25, 0.3) is 11.5 Å². The monoisotopic (exact) mass is 490 g/mol. The van der Waals surface area contributed by atoms with E-state index in [0.29, 0.717) is 37.1 Å². The van der Waals surface area contributed by atoms with Crippen molar-refractivity contribution >= 4 is 69.1 Å². The van der Waals surface area contributed by atoms with Gasteiger partial charge in [0.2, 0.25) is 0 Å². The molecule has 0 spiro atoms. The number of hydrogen-bond acceptors (Lipinski definition) is 4. The lowest BCUT2D eigenvalue weighted by Gasteiger charge is -2.10. The van der Waals surface area contributed by atoms with Crippen LogP contribution < -0.4 is 10.9 Å². The smallest absolute Gasteiger partial charge is 0.266 e. The number of fused-ring (bicyclic) bond motifs is 1. The lowest BCUT2D eigenvalue weighted by atomic mass is 10.2. The van der Waals surface area contributed by atoms with Gasteiger partial charge in [-0.2, -0.15) is 0 Å². The van der Waals surface area contributed by atoms with Gasteiger partial charge < -0.3 is 15.4 Å². The highest BCUT2D eigenvalue weighted by Crippen LogP contribution is 2.39. The van der Waals surface area contributed by atoms with Crippen molar-refractivity contribution in [3.63, 3.8) is 0 Å². The normalized spacial score (nSPS) is 10.9. The van der Waals surface area contributed by atoms with Crippen molar-refractivity contribution in [1.82, 2.24) is 4.98 Å². The highest BCUT2D eigenvalue weighted by Gasteiger charge is 2.16. The Morgan fingerprint density at radius 1 is 0.968 bits per heavy atom. The second kappa shape index (κ2) is 8.85. The number of aromatic hydroxyl groups is 1. The molecule has 0 bridgehead atoms. The highest BCUT2D eigenvalue weighted by molar-refractivity contribution is 7.99. The molecule has 5 nitrogen and oxygen atoms in total. The molecule has 0 aliphatic rings.